The Bertz CT molecular complexity index is 292. The van der Waals surface area contributed by atoms with E-state index in [1.54, 1.807) is 6.92 Å². The average Bonchev–Trinajstić information content (AvgIpc) is 2.24. The monoisotopic (exact) mass is 245 g/mol. The number of carbonyl (C=O) groups excluding carboxylic acids is 1. The number of nitrogens with one attached hydrogen (secondary N) is 2. The van der Waals surface area contributed by atoms with Crippen LogP contribution in [0.15, 0.2) is 4.99 Å². The van der Waals surface area contributed by atoms with Crippen molar-refractivity contribution >= 4 is 18.0 Å². The average molecular weight is 245 g/mol. The number of carboxylic acid groups (broad SMARTS) is 1. The van der Waals surface area contributed by atoms with Crippen molar-refractivity contribution < 1.29 is 14.7 Å². The number of carbonyl (C=O) groups is 2. The molecule has 0 aliphatic heterocycles. The van der Waals surface area contributed by atoms with Crippen molar-refractivity contribution in [3.63, 3.8) is 0 Å². The molecular formula is C9H19N5O3. The largest absolute Gasteiger partial charge is 0.480 e. The second-order valence-corrected chi connectivity index (χ2v) is 3.34. The summed E-state index contributed by atoms with van der Waals surface area (Å²) in [5.74, 6) is -1.04. The van der Waals surface area contributed by atoms with E-state index in [2.05, 4.69) is 15.6 Å². The highest BCUT2D eigenvalue weighted by Gasteiger charge is 2.09. The maximum Gasteiger partial charge on any atom is 0.321 e. The molecule has 0 saturated carbocycles. The van der Waals surface area contributed by atoms with E-state index in [4.69, 9.17) is 16.6 Å². The Balaban J connectivity index is 3.77. The lowest BCUT2D eigenvalue weighted by Crippen LogP contribution is -2.43. The number of urea groups is 1. The minimum Gasteiger partial charge on any atom is -0.480 e. The fraction of sp³-hybridized carbons (Fsp3) is 0.667. The lowest BCUT2D eigenvalue weighted by molar-refractivity contribution is -0.138. The van der Waals surface area contributed by atoms with Gasteiger partial charge in [0, 0.05) is 13.1 Å². The molecule has 0 aromatic heterocycles. The first-order valence-electron chi connectivity index (χ1n) is 5.30. The summed E-state index contributed by atoms with van der Waals surface area (Å²) in [5, 5.41) is 13.3. The van der Waals surface area contributed by atoms with Crippen LogP contribution in [0.1, 0.15) is 19.8 Å². The summed E-state index contributed by atoms with van der Waals surface area (Å²) >= 11 is 0. The highest BCUT2D eigenvalue weighted by molar-refractivity contribution is 5.95. The zero-order valence-electron chi connectivity index (χ0n) is 9.77. The maximum absolute atomic E-state index is 11.0. The number of carboxylic acids is 1. The van der Waals surface area contributed by atoms with Crippen LogP contribution in [0.3, 0.4) is 0 Å². The van der Waals surface area contributed by atoms with Crippen molar-refractivity contribution in [3.05, 3.63) is 0 Å². The molecular weight excluding hydrogens is 226 g/mol. The highest BCUT2D eigenvalue weighted by Crippen LogP contribution is 1.94. The van der Waals surface area contributed by atoms with Gasteiger partial charge in [0.15, 0.2) is 5.96 Å². The van der Waals surface area contributed by atoms with E-state index in [-0.39, 0.29) is 5.96 Å². The SMILES string of the molecule is CCNC(=O)NC(N)=NCCC[C@H](N)C(=O)O. The summed E-state index contributed by atoms with van der Waals surface area (Å²) in [5.41, 5.74) is 10.7. The van der Waals surface area contributed by atoms with Crippen LogP contribution in [-0.4, -0.2) is 42.2 Å². The first kappa shape index (κ1) is 15.2. The molecule has 7 N–H and O–H groups in total. The molecule has 1 atom stereocenters. The molecule has 0 aromatic carbocycles. The first-order chi connectivity index (χ1) is 7.97. The second-order valence-electron chi connectivity index (χ2n) is 3.34. The Labute approximate surface area is 99.5 Å². The Morgan fingerprint density at radius 2 is 2.12 bits per heavy atom. The topological polar surface area (TPSA) is 143 Å². The van der Waals surface area contributed by atoms with Gasteiger partial charge in [0.2, 0.25) is 0 Å². The van der Waals surface area contributed by atoms with Gasteiger partial charge in [-0.15, -0.1) is 0 Å². The van der Waals surface area contributed by atoms with E-state index in [1.807, 2.05) is 0 Å². The van der Waals surface area contributed by atoms with Crippen LogP contribution in [0.25, 0.3) is 0 Å². The van der Waals surface area contributed by atoms with Crippen molar-refractivity contribution in [2.45, 2.75) is 25.8 Å². The van der Waals surface area contributed by atoms with Crippen molar-refractivity contribution in [1.29, 1.82) is 0 Å². The zero-order chi connectivity index (χ0) is 13.3. The zero-order valence-corrected chi connectivity index (χ0v) is 9.77. The Morgan fingerprint density at radius 1 is 1.47 bits per heavy atom. The molecule has 8 heteroatoms. The Hall–Kier alpha value is -1.83. The molecule has 0 spiro atoms. The number of aliphatic imine (C=N–C) groups is 1. The maximum atomic E-state index is 11.0. The molecule has 0 heterocycles. The summed E-state index contributed by atoms with van der Waals surface area (Å²) < 4.78 is 0. The molecule has 0 aliphatic carbocycles. The number of rotatable bonds is 6. The van der Waals surface area contributed by atoms with Crippen molar-refractivity contribution in [2.75, 3.05) is 13.1 Å². The number of aliphatic carboxylic acids is 1. The van der Waals surface area contributed by atoms with Crippen molar-refractivity contribution in [1.82, 2.24) is 10.6 Å². The number of nitrogens with zero attached hydrogens (tertiary/aromatic N) is 1. The number of nitrogens with two attached hydrogens (primary N) is 2. The van der Waals surface area contributed by atoms with Crippen molar-refractivity contribution in [2.24, 2.45) is 16.5 Å². The molecule has 0 fully saturated rings. The van der Waals surface area contributed by atoms with Crippen LogP contribution in [-0.2, 0) is 4.79 Å². The van der Waals surface area contributed by atoms with E-state index in [1.165, 1.54) is 0 Å². The quantitative estimate of drug-likeness (QED) is 0.227. The highest BCUT2D eigenvalue weighted by atomic mass is 16.4. The van der Waals surface area contributed by atoms with Crippen LogP contribution in [0.2, 0.25) is 0 Å². The molecule has 2 amide bonds. The fourth-order valence-electron chi connectivity index (χ4n) is 0.995. The van der Waals surface area contributed by atoms with E-state index in [0.717, 1.165) is 0 Å². The van der Waals surface area contributed by atoms with E-state index >= 15 is 0 Å². The Kier molecular flexibility index (Phi) is 7.44. The van der Waals surface area contributed by atoms with Gasteiger partial charge in [-0.05, 0) is 19.8 Å². The van der Waals surface area contributed by atoms with E-state index in [0.29, 0.717) is 25.9 Å². The van der Waals surface area contributed by atoms with E-state index < -0.39 is 18.0 Å². The third-order valence-electron chi connectivity index (χ3n) is 1.85. The summed E-state index contributed by atoms with van der Waals surface area (Å²) in [7, 11) is 0. The van der Waals surface area contributed by atoms with Gasteiger partial charge in [-0.2, -0.15) is 0 Å². The van der Waals surface area contributed by atoms with Crippen molar-refractivity contribution in [3.8, 4) is 0 Å². The molecule has 0 bridgehead atoms. The smallest absolute Gasteiger partial charge is 0.321 e. The summed E-state index contributed by atoms with van der Waals surface area (Å²) in [6, 6.07) is -1.31. The fourth-order valence-corrected chi connectivity index (χ4v) is 0.995. The van der Waals surface area contributed by atoms with Gasteiger partial charge in [0.05, 0.1) is 0 Å². The summed E-state index contributed by atoms with van der Waals surface area (Å²) in [4.78, 5) is 25.2. The van der Waals surface area contributed by atoms with Crippen LogP contribution >= 0.6 is 0 Å². The lowest BCUT2D eigenvalue weighted by atomic mass is 10.2. The molecule has 0 saturated heterocycles. The minimum atomic E-state index is -1.04. The standard InChI is InChI=1S/C9H19N5O3/c1-2-12-9(17)14-8(11)13-5-3-4-6(10)7(15)16/h6H,2-5,10H2,1H3,(H,15,16)(H4,11,12,13,14,17)/t6-/m0/s1. The number of guanidine groups is 1. The molecule has 8 nitrogen and oxygen atoms in total. The lowest BCUT2D eigenvalue weighted by Gasteiger charge is -2.06. The third kappa shape index (κ3) is 8.03. The third-order valence-corrected chi connectivity index (χ3v) is 1.85. The van der Waals surface area contributed by atoms with Gasteiger partial charge in [0.25, 0.3) is 0 Å². The minimum absolute atomic E-state index is 0.000142. The van der Waals surface area contributed by atoms with Gasteiger partial charge in [-0.25, -0.2) is 4.79 Å². The van der Waals surface area contributed by atoms with Gasteiger partial charge < -0.3 is 21.9 Å². The molecule has 98 valence electrons. The predicted octanol–water partition coefficient (Wildman–Crippen LogP) is -1.19. The van der Waals surface area contributed by atoms with Crippen LogP contribution < -0.4 is 22.1 Å². The van der Waals surface area contributed by atoms with Gasteiger partial charge in [-0.1, -0.05) is 0 Å². The molecule has 0 unspecified atom stereocenters. The molecule has 0 rings (SSSR count). The van der Waals surface area contributed by atoms with Crippen LogP contribution in [0.4, 0.5) is 4.79 Å². The van der Waals surface area contributed by atoms with Gasteiger partial charge in [0.1, 0.15) is 6.04 Å². The van der Waals surface area contributed by atoms with Crippen LogP contribution in [0, 0.1) is 0 Å². The number of amides is 2. The summed E-state index contributed by atoms with van der Waals surface area (Å²) in [6.07, 6.45) is 0.804. The number of hydrogen-bond donors (Lipinski definition) is 5. The molecule has 0 radical (unpaired) electrons. The second kappa shape index (κ2) is 8.34. The predicted molar refractivity (Wildman–Crippen MR) is 63.5 cm³/mol. The Morgan fingerprint density at radius 3 is 2.65 bits per heavy atom. The van der Waals surface area contributed by atoms with E-state index in [9.17, 15) is 9.59 Å². The normalized spacial score (nSPS) is 12.9. The van der Waals surface area contributed by atoms with Crippen LogP contribution in [0.5, 0.6) is 0 Å². The number of hydrogen-bond acceptors (Lipinski definition) is 4. The molecule has 17 heavy (non-hydrogen) atoms. The molecule has 0 aromatic rings. The summed E-state index contributed by atoms with van der Waals surface area (Å²) in [6.45, 7) is 2.59. The van der Waals surface area contributed by atoms with Gasteiger partial charge >= 0.3 is 12.0 Å². The van der Waals surface area contributed by atoms with Gasteiger partial charge in [-0.3, -0.25) is 15.1 Å². The first-order valence-corrected chi connectivity index (χ1v) is 5.30. The molecule has 0 aliphatic rings.